The van der Waals surface area contributed by atoms with E-state index in [0.29, 0.717) is 12.1 Å². The molecule has 4 rings (SSSR count). The molecule has 1 aromatic carbocycles. The Bertz CT molecular complexity index is 468. The first-order chi connectivity index (χ1) is 7.36. The minimum Gasteiger partial charge on any atom is -0.385 e. The summed E-state index contributed by atoms with van der Waals surface area (Å²) in [5.74, 6) is 0. The van der Waals surface area contributed by atoms with Crippen LogP contribution in [0.4, 0.5) is 5.69 Å². The smallest absolute Gasteiger partial charge is 0.180 e. The fourth-order valence-corrected chi connectivity index (χ4v) is 3.13. The Hall–Kier alpha value is -1.51. The molecule has 76 valence electrons. The molecule has 1 fully saturated rings. The van der Waals surface area contributed by atoms with Crippen molar-refractivity contribution < 1.29 is 4.84 Å². The second kappa shape index (κ2) is 2.35. The highest BCUT2D eigenvalue weighted by molar-refractivity contribution is 6.00. The maximum atomic E-state index is 5.53. The normalized spacial score (nSPS) is 34.9. The molecular formula is C12H12N2O. The molecule has 0 saturated carbocycles. The molecule has 0 aromatic heterocycles. The zero-order valence-electron chi connectivity index (χ0n) is 8.55. The van der Waals surface area contributed by atoms with Gasteiger partial charge in [-0.25, -0.2) is 0 Å². The van der Waals surface area contributed by atoms with Crippen molar-refractivity contribution in [2.24, 2.45) is 5.16 Å². The summed E-state index contributed by atoms with van der Waals surface area (Å²) in [6, 6.07) is 9.47. The summed E-state index contributed by atoms with van der Waals surface area (Å²) in [6.07, 6.45) is 1.20. The van der Waals surface area contributed by atoms with E-state index in [1.54, 1.807) is 0 Å². The molecule has 0 N–H and O–H groups in total. The van der Waals surface area contributed by atoms with Gasteiger partial charge in [-0.15, -0.1) is 0 Å². The van der Waals surface area contributed by atoms with Crippen LogP contribution in [-0.4, -0.2) is 17.8 Å². The number of para-hydroxylation sites is 1. The van der Waals surface area contributed by atoms with E-state index in [2.05, 4.69) is 41.2 Å². The molecule has 3 atom stereocenters. The first-order valence-corrected chi connectivity index (χ1v) is 5.46. The lowest BCUT2D eigenvalue weighted by atomic mass is 10.0. The van der Waals surface area contributed by atoms with Gasteiger partial charge in [0.15, 0.2) is 6.10 Å². The van der Waals surface area contributed by atoms with E-state index >= 15 is 0 Å². The Kier molecular flexibility index (Phi) is 1.21. The predicted octanol–water partition coefficient (Wildman–Crippen LogP) is 2.09. The average Bonchev–Trinajstić information content (AvgIpc) is 2.84. The number of benzene rings is 1. The summed E-state index contributed by atoms with van der Waals surface area (Å²) in [4.78, 5) is 8.00. The predicted molar refractivity (Wildman–Crippen MR) is 58.0 cm³/mol. The van der Waals surface area contributed by atoms with E-state index in [1.165, 1.54) is 17.0 Å². The number of hydrogen-bond acceptors (Lipinski definition) is 3. The van der Waals surface area contributed by atoms with Gasteiger partial charge in [0, 0.05) is 23.7 Å². The standard InChI is InChI=1S/C12H12N2O/c1-7-6-9-11-12(15-13-9)8-4-2-3-5-10(8)14(7)11/h2-5,7,11-12H,6H2,1H3. The van der Waals surface area contributed by atoms with Crippen molar-refractivity contribution in [3.8, 4) is 0 Å². The number of fused-ring (bicyclic) bond motifs is 3. The Labute approximate surface area is 88.3 Å². The van der Waals surface area contributed by atoms with Crippen LogP contribution in [-0.2, 0) is 4.84 Å². The van der Waals surface area contributed by atoms with Crippen LogP contribution < -0.4 is 4.90 Å². The Morgan fingerprint density at radius 1 is 1.40 bits per heavy atom. The lowest BCUT2D eigenvalue weighted by Crippen LogP contribution is -2.33. The summed E-state index contributed by atoms with van der Waals surface area (Å²) in [6.45, 7) is 2.26. The zero-order chi connectivity index (χ0) is 9.99. The topological polar surface area (TPSA) is 24.8 Å². The van der Waals surface area contributed by atoms with Gasteiger partial charge in [0.25, 0.3) is 0 Å². The molecule has 3 aliphatic heterocycles. The third-order valence-corrected chi connectivity index (χ3v) is 3.71. The summed E-state index contributed by atoms with van der Waals surface area (Å²) >= 11 is 0. The van der Waals surface area contributed by atoms with Crippen molar-refractivity contribution in [2.45, 2.75) is 31.5 Å². The molecular weight excluding hydrogens is 188 g/mol. The molecule has 0 amide bonds. The largest absolute Gasteiger partial charge is 0.385 e. The van der Waals surface area contributed by atoms with Crippen LogP contribution in [0.3, 0.4) is 0 Å². The second-order valence-corrected chi connectivity index (χ2v) is 4.57. The fraction of sp³-hybridized carbons (Fsp3) is 0.417. The average molecular weight is 200 g/mol. The van der Waals surface area contributed by atoms with Crippen molar-refractivity contribution in [2.75, 3.05) is 4.90 Å². The number of oxime groups is 1. The van der Waals surface area contributed by atoms with Gasteiger partial charge < -0.3 is 9.74 Å². The van der Waals surface area contributed by atoms with Crippen molar-refractivity contribution in [1.29, 1.82) is 0 Å². The van der Waals surface area contributed by atoms with Crippen LogP contribution >= 0.6 is 0 Å². The molecule has 3 heteroatoms. The fourth-order valence-electron chi connectivity index (χ4n) is 3.13. The molecule has 0 spiro atoms. The number of rotatable bonds is 0. The van der Waals surface area contributed by atoms with Gasteiger partial charge in [0.2, 0.25) is 0 Å². The van der Waals surface area contributed by atoms with E-state index in [-0.39, 0.29) is 6.10 Å². The molecule has 1 saturated heterocycles. The Morgan fingerprint density at radius 2 is 2.27 bits per heavy atom. The van der Waals surface area contributed by atoms with Gasteiger partial charge >= 0.3 is 0 Å². The molecule has 3 aliphatic rings. The maximum absolute atomic E-state index is 5.53. The van der Waals surface area contributed by atoms with Crippen LogP contribution in [0.15, 0.2) is 29.4 Å². The molecule has 3 heterocycles. The van der Waals surface area contributed by atoms with E-state index in [4.69, 9.17) is 4.84 Å². The molecule has 3 nitrogen and oxygen atoms in total. The van der Waals surface area contributed by atoms with Crippen LogP contribution in [0, 0.1) is 0 Å². The zero-order valence-corrected chi connectivity index (χ0v) is 8.55. The van der Waals surface area contributed by atoms with Gasteiger partial charge in [-0.3, -0.25) is 0 Å². The Morgan fingerprint density at radius 3 is 3.20 bits per heavy atom. The highest BCUT2D eigenvalue weighted by Crippen LogP contribution is 2.49. The molecule has 3 unspecified atom stereocenters. The SMILES string of the molecule is CC1CC2=NOC3c4ccccc4N1C23. The molecule has 0 bridgehead atoms. The van der Waals surface area contributed by atoms with Crippen molar-refractivity contribution in [3.05, 3.63) is 29.8 Å². The van der Waals surface area contributed by atoms with Crippen molar-refractivity contribution >= 4 is 11.4 Å². The highest BCUT2D eigenvalue weighted by atomic mass is 16.6. The quantitative estimate of drug-likeness (QED) is 0.640. The van der Waals surface area contributed by atoms with E-state index in [0.717, 1.165) is 6.42 Å². The highest BCUT2D eigenvalue weighted by Gasteiger charge is 2.52. The van der Waals surface area contributed by atoms with Crippen molar-refractivity contribution in [3.63, 3.8) is 0 Å². The van der Waals surface area contributed by atoms with Crippen LogP contribution in [0.25, 0.3) is 0 Å². The summed E-state index contributed by atoms with van der Waals surface area (Å²) in [7, 11) is 0. The van der Waals surface area contributed by atoms with Crippen LogP contribution in [0.1, 0.15) is 25.0 Å². The third-order valence-electron chi connectivity index (χ3n) is 3.71. The lowest BCUT2D eigenvalue weighted by molar-refractivity contribution is 0.0814. The molecule has 0 radical (unpaired) electrons. The molecule has 15 heavy (non-hydrogen) atoms. The molecule has 1 aromatic rings. The first kappa shape index (κ1) is 7.74. The summed E-state index contributed by atoms with van der Waals surface area (Å²) in [5.41, 5.74) is 3.86. The first-order valence-electron chi connectivity index (χ1n) is 5.46. The van der Waals surface area contributed by atoms with Crippen molar-refractivity contribution in [1.82, 2.24) is 0 Å². The van der Waals surface area contributed by atoms with Gasteiger partial charge in [-0.1, -0.05) is 23.4 Å². The minimum absolute atomic E-state index is 0.154. The van der Waals surface area contributed by atoms with E-state index < -0.39 is 0 Å². The lowest BCUT2D eigenvalue weighted by Gasteiger charge is -2.23. The van der Waals surface area contributed by atoms with E-state index in [9.17, 15) is 0 Å². The van der Waals surface area contributed by atoms with E-state index in [1.807, 2.05) is 0 Å². The third kappa shape index (κ3) is 0.761. The van der Waals surface area contributed by atoms with Gasteiger partial charge in [0.05, 0.1) is 5.71 Å². The minimum atomic E-state index is 0.154. The maximum Gasteiger partial charge on any atom is 0.180 e. The number of anilines is 1. The second-order valence-electron chi connectivity index (χ2n) is 4.57. The van der Waals surface area contributed by atoms with Crippen LogP contribution in [0.2, 0.25) is 0 Å². The van der Waals surface area contributed by atoms with Gasteiger partial charge in [-0.2, -0.15) is 0 Å². The number of hydrogen-bond donors (Lipinski definition) is 0. The summed E-state index contributed by atoms with van der Waals surface area (Å²) in [5, 5.41) is 4.20. The van der Waals surface area contributed by atoms with Gasteiger partial charge in [-0.05, 0) is 13.0 Å². The summed E-state index contributed by atoms with van der Waals surface area (Å²) < 4.78 is 0. The van der Waals surface area contributed by atoms with Gasteiger partial charge in [0.1, 0.15) is 6.04 Å². The molecule has 0 aliphatic carbocycles. The monoisotopic (exact) mass is 200 g/mol. The number of nitrogens with zero attached hydrogens (tertiary/aromatic N) is 2. The van der Waals surface area contributed by atoms with Crippen LogP contribution in [0.5, 0.6) is 0 Å². The Balaban J connectivity index is 1.96.